The predicted octanol–water partition coefficient (Wildman–Crippen LogP) is 1.76. The van der Waals surface area contributed by atoms with Crippen LogP contribution in [0.4, 0.5) is 0 Å². The molecule has 1 atom stereocenters. The van der Waals surface area contributed by atoms with Crippen molar-refractivity contribution >= 4 is 11.8 Å². The summed E-state index contributed by atoms with van der Waals surface area (Å²) in [5.74, 6) is -1.04. The van der Waals surface area contributed by atoms with Crippen LogP contribution < -0.4 is 5.32 Å². The third-order valence-electron chi connectivity index (χ3n) is 2.40. The fourth-order valence-corrected chi connectivity index (χ4v) is 1.67. The van der Waals surface area contributed by atoms with Gasteiger partial charge in [-0.2, -0.15) is 0 Å². The van der Waals surface area contributed by atoms with Crippen LogP contribution >= 0.6 is 0 Å². The molecule has 0 aromatic heterocycles. The normalized spacial score (nSPS) is 12.9. The van der Waals surface area contributed by atoms with Gasteiger partial charge in [-0.05, 0) is 25.5 Å². The van der Waals surface area contributed by atoms with E-state index in [-0.39, 0.29) is 5.78 Å². The topological polar surface area (TPSA) is 66.4 Å². The highest BCUT2D eigenvalue weighted by atomic mass is 16.4. The summed E-state index contributed by atoms with van der Waals surface area (Å²) in [5.41, 5.74) is 1.50. The molecule has 0 bridgehead atoms. The molecule has 18 heavy (non-hydrogen) atoms. The predicted molar refractivity (Wildman–Crippen MR) is 69.1 cm³/mol. The van der Waals surface area contributed by atoms with Gasteiger partial charge in [0.05, 0.1) is 0 Å². The Hall–Kier alpha value is -2.10. The van der Waals surface area contributed by atoms with Gasteiger partial charge in [0.2, 0.25) is 0 Å². The molecule has 0 aliphatic carbocycles. The Morgan fingerprint density at radius 1 is 1.28 bits per heavy atom. The average Bonchev–Trinajstić information content (AvgIpc) is 2.28. The SMILES string of the molecule is CC(=O)/C=C(\C)NC(Cc1ccccc1)C(=O)O. The molecule has 4 heteroatoms. The fraction of sp³-hybridized carbons (Fsp3) is 0.286. The maximum Gasteiger partial charge on any atom is 0.326 e. The summed E-state index contributed by atoms with van der Waals surface area (Å²) in [6.45, 7) is 3.11. The van der Waals surface area contributed by atoms with E-state index in [2.05, 4.69) is 5.32 Å². The molecule has 0 aliphatic heterocycles. The lowest BCUT2D eigenvalue weighted by atomic mass is 10.1. The maximum absolute atomic E-state index is 11.2. The molecule has 1 aromatic rings. The lowest BCUT2D eigenvalue weighted by Crippen LogP contribution is -2.37. The van der Waals surface area contributed by atoms with Crippen LogP contribution in [0.15, 0.2) is 42.1 Å². The summed E-state index contributed by atoms with van der Waals surface area (Å²) in [4.78, 5) is 22.1. The van der Waals surface area contributed by atoms with Crippen LogP contribution in [0.25, 0.3) is 0 Å². The number of allylic oxidation sites excluding steroid dienone is 2. The van der Waals surface area contributed by atoms with Gasteiger partial charge in [-0.3, -0.25) is 4.79 Å². The van der Waals surface area contributed by atoms with Gasteiger partial charge in [0.15, 0.2) is 5.78 Å². The number of carbonyl (C=O) groups excluding carboxylic acids is 1. The Bertz CT molecular complexity index is 451. The highest BCUT2D eigenvalue weighted by molar-refractivity contribution is 5.88. The summed E-state index contributed by atoms with van der Waals surface area (Å²) in [5, 5.41) is 12.0. The first-order valence-electron chi connectivity index (χ1n) is 5.71. The molecule has 0 saturated heterocycles. The number of hydrogen-bond donors (Lipinski definition) is 2. The molecular weight excluding hydrogens is 230 g/mol. The van der Waals surface area contributed by atoms with Crippen molar-refractivity contribution < 1.29 is 14.7 Å². The van der Waals surface area contributed by atoms with E-state index in [4.69, 9.17) is 5.11 Å². The van der Waals surface area contributed by atoms with Crippen LogP contribution in [0.2, 0.25) is 0 Å². The van der Waals surface area contributed by atoms with Crippen LogP contribution in [-0.2, 0) is 16.0 Å². The van der Waals surface area contributed by atoms with Gasteiger partial charge >= 0.3 is 5.97 Å². The molecule has 0 radical (unpaired) electrons. The van der Waals surface area contributed by atoms with Crippen LogP contribution in [-0.4, -0.2) is 22.9 Å². The van der Waals surface area contributed by atoms with E-state index in [1.165, 1.54) is 13.0 Å². The summed E-state index contributed by atoms with van der Waals surface area (Å²) in [7, 11) is 0. The Morgan fingerprint density at radius 3 is 2.39 bits per heavy atom. The van der Waals surface area contributed by atoms with Gasteiger partial charge in [0, 0.05) is 12.1 Å². The zero-order chi connectivity index (χ0) is 13.5. The second kappa shape index (κ2) is 6.59. The van der Waals surface area contributed by atoms with Gasteiger partial charge in [-0.25, -0.2) is 4.79 Å². The van der Waals surface area contributed by atoms with Crippen molar-refractivity contribution in [3.05, 3.63) is 47.7 Å². The van der Waals surface area contributed by atoms with Gasteiger partial charge < -0.3 is 10.4 Å². The molecule has 96 valence electrons. The molecule has 0 saturated carbocycles. The molecule has 0 amide bonds. The number of hydrogen-bond acceptors (Lipinski definition) is 3. The zero-order valence-electron chi connectivity index (χ0n) is 10.5. The Labute approximate surface area is 106 Å². The van der Waals surface area contributed by atoms with Crippen molar-refractivity contribution in [2.75, 3.05) is 0 Å². The minimum absolute atomic E-state index is 0.108. The summed E-state index contributed by atoms with van der Waals surface area (Å²) < 4.78 is 0. The second-order valence-corrected chi connectivity index (χ2v) is 4.16. The number of carboxylic acid groups (broad SMARTS) is 1. The summed E-state index contributed by atoms with van der Waals surface area (Å²) in [6, 6.07) is 8.64. The van der Waals surface area contributed by atoms with Crippen LogP contribution in [0, 0.1) is 0 Å². The number of carbonyl (C=O) groups is 2. The van der Waals surface area contributed by atoms with E-state index < -0.39 is 12.0 Å². The molecule has 1 aromatic carbocycles. The number of ketones is 1. The number of rotatable bonds is 6. The van der Waals surface area contributed by atoms with Crippen molar-refractivity contribution in [1.82, 2.24) is 5.32 Å². The summed E-state index contributed by atoms with van der Waals surface area (Å²) in [6.07, 6.45) is 1.76. The average molecular weight is 247 g/mol. The molecule has 1 unspecified atom stereocenters. The van der Waals surface area contributed by atoms with E-state index in [0.29, 0.717) is 12.1 Å². The minimum Gasteiger partial charge on any atom is -0.480 e. The van der Waals surface area contributed by atoms with Crippen molar-refractivity contribution in [2.45, 2.75) is 26.3 Å². The lowest BCUT2D eigenvalue weighted by molar-refractivity contribution is -0.139. The van der Waals surface area contributed by atoms with Crippen molar-refractivity contribution in [3.63, 3.8) is 0 Å². The molecule has 0 fully saturated rings. The number of benzene rings is 1. The number of carboxylic acids is 1. The van der Waals surface area contributed by atoms with E-state index in [1.807, 2.05) is 30.3 Å². The van der Waals surface area contributed by atoms with Gasteiger partial charge in [-0.15, -0.1) is 0 Å². The third kappa shape index (κ3) is 4.82. The molecule has 4 nitrogen and oxygen atoms in total. The van der Waals surface area contributed by atoms with Gasteiger partial charge in [-0.1, -0.05) is 30.3 Å². The van der Waals surface area contributed by atoms with Crippen molar-refractivity contribution in [1.29, 1.82) is 0 Å². The monoisotopic (exact) mass is 247 g/mol. The first-order chi connectivity index (χ1) is 8.49. The van der Waals surface area contributed by atoms with Crippen LogP contribution in [0.5, 0.6) is 0 Å². The molecule has 0 heterocycles. The van der Waals surface area contributed by atoms with E-state index in [0.717, 1.165) is 5.56 Å². The highest BCUT2D eigenvalue weighted by Gasteiger charge is 2.17. The molecule has 0 aliphatic rings. The number of aliphatic carboxylic acids is 1. The van der Waals surface area contributed by atoms with Gasteiger partial charge in [0.25, 0.3) is 0 Å². The fourth-order valence-electron chi connectivity index (χ4n) is 1.67. The first kappa shape index (κ1) is 14.0. The van der Waals surface area contributed by atoms with Crippen molar-refractivity contribution in [3.8, 4) is 0 Å². The molecule has 1 rings (SSSR count). The zero-order valence-corrected chi connectivity index (χ0v) is 10.5. The van der Waals surface area contributed by atoms with Crippen LogP contribution in [0.3, 0.4) is 0 Å². The molecule has 2 N–H and O–H groups in total. The highest BCUT2D eigenvalue weighted by Crippen LogP contribution is 2.05. The minimum atomic E-state index is -0.935. The largest absolute Gasteiger partial charge is 0.480 e. The van der Waals surface area contributed by atoms with Crippen molar-refractivity contribution in [2.24, 2.45) is 0 Å². The molecular formula is C14H17NO3. The van der Waals surface area contributed by atoms with E-state index in [9.17, 15) is 9.59 Å². The van der Waals surface area contributed by atoms with Crippen LogP contribution in [0.1, 0.15) is 19.4 Å². The standard InChI is InChI=1S/C14H17NO3/c1-10(8-11(2)16)15-13(14(17)18)9-12-6-4-3-5-7-12/h3-8,13,15H,9H2,1-2H3,(H,17,18)/b10-8+. The second-order valence-electron chi connectivity index (χ2n) is 4.16. The smallest absolute Gasteiger partial charge is 0.326 e. The Balaban J connectivity index is 2.73. The maximum atomic E-state index is 11.2. The third-order valence-corrected chi connectivity index (χ3v) is 2.40. The summed E-state index contributed by atoms with van der Waals surface area (Å²) >= 11 is 0. The number of nitrogens with one attached hydrogen (secondary N) is 1. The van der Waals surface area contributed by atoms with E-state index >= 15 is 0 Å². The Kier molecular flexibility index (Phi) is 5.11. The molecule has 0 spiro atoms. The quantitative estimate of drug-likeness (QED) is 0.752. The first-order valence-corrected chi connectivity index (χ1v) is 5.71. The Morgan fingerprint density at radius 2 is 1.89 bits per heavy atom. The lowest BCUT2D eigenvalue weighted by Gasteiger charge is -2.16. The van der Waals surface area contributed by atoms with Gasteiger partial charge in [0.1, 0.15) is 6.04 Å². The van der Waals surface area contributed by atoms with E-state index in [1.54, 1.807) is 6.92 Å².